The van der Waals surface area contributed by atoms with Crippen LogP contribution in [-0.4, -0.2) is 34.7 Å². The number of rotatable bonds is 5. The van der Waals surface area contributed by atoms with Gasteiger partial charge in [-0.2, -0.15) is 8.42 Å². The van der Waals surface area contributed by atoms with Crippen molar-refractivity contribution >= 4 is 17.7 Å². The van der Waals surface area contributed by atoms with E-state index in [1.165, 1.54) is 0 Å². The summed E-state index contributed by atoms with van der Waals surface area (Å²) >= 11 is 0. The summed E-state index contributed by atoms with van der Waals surface area (Å²) < 4.78 is 38.7. The van der Waals surface area contributed by atoms with Gasteiger partial charge in [-0.3, -0.25) is 9.12 Å². The number of hydrogen-bond acceptors (Lipinski definition) is 3. The topological polar surface area (TPSA) is 112 Å². The van der Waals surface area contributed by atoms with Crippen molar-refractivity contribution in [3.8, 4) is 0 Å². The lowest BCUT2D eigenvalue weighted by atomic mass is 10.4. The van der Waals surface area contributed by atoms with Crippen LogP contribution in [0.3, 0.4) is 0 Å². The molecule has 0 aliphatic heterocycles. The molecule has 0 aliphatic carbocycles. The molecule has 0 spiro atoms. The van der Waals surface area contributed by atoms with Gasteiger partial charge in [0.05, 0.1) is 5.75 Å². The predicted octanol–water partition coefficient (Wildman–Crippen LogP) is -0.168. The summed E-state index contributed by atoms with van der Waals surface area (Å²) in [6.07, 6.45) is -0.198. The van der Waals surface area contributed by atoms with Gasteiger partial charge in [-0.25, -0.2) is 0 Å². The molecule has 0 heterocycles. The van der Waals surface area contributed by atoms with E-state index in [1.54, 1.807) is 0 Å². The zero-order chi connectivity index (χ0) is 9.83. The van der Waals surface area contributed by atoms with Gasteiger partial charge in [-0.1, -0.05) is 0 Å². The Bertz CT molecular complexity index is 263. The van der Waals surface area contributed by atoms with Crippen LogP contribution in [0.5, 0.6) is 0 Å². The van der Waals surface area contributed by atoms with E-state index < -0.39 is 23.5 Å². The molecule has 0 aliphatic rings. The molecule has 0 saturated carbocycles. The molecule has 74 valence electrons. The first kappa shape index (κ1) is 12.1. The van der Waals surface area contributed by atoms with Crippen molar-refractivity contribution in [1.82, 2.24) is 0 Å². The standard InChI is InChI=1S/C4H11O6PS/c5-11(6,7)3-1-2-4-12(8,9)10/h1-4H2,(H2,5,6,7)(H,8,9,10). The largest absolute Gasteiger partial charge is 0.325 e. The minimum absolute atomic E-state index is 0.0595. The minimum atomic E-state index is -4.02. The Morgan fingerprint density at radius 3 is 2.00 bits per heavy atom. The Kier molecular flexibility index (Phi) is 4.36. The molecule has 0 radical (unpaired) electrons. The summed E-state index contributed by atoms with van der Waals surface area (Å²) in [4.78, 5) is 16.7. The maximum absolute atomic E-state index is 10.2. The molecular weight excluding hydrogens is 207 g/mol. The predicted molar refractivity (Wildman–Crippen MR) is 42.6 cm³/mol. The van der Waals surface area contributed by atoms with Crippen LogP contribution in [0.25, 0.3) is 0 Å². The summed E-state index contributed by atoms with van der Waals surface area (Å²) in [5.74, 6) is -0.451. The molecule has 0 saturated heterocycles. The Labute approximate surface area is 70.5 Å². The normalized spacial score (nSPS) is 13.2. The third-order valence-electron chi connectivity index (χ3n) is 1.10. The Hall–Kier alpha value is 0.0600. The summed E-state index contributed by atoms with van der Waals surface area (Å²) in [7, 11) is -8.02. The van der Waals surface area contributed by atoms with Gasteiger partial charge in [0.25, 0.3) is 10.1 Å². The quantitative estimate of drug-likeness (QED) is 0.335. The van der Waals surface area contributed by atoms with Gasteiger partial charge in [0, 0.05) is 6.16 Å². The summed E-state index contributed by atoms with van der Waals surface area (Å²) in [6, 6.07) is 0. The lowest BCUT2D eigenvalue weighted by molar-refractivity contribution is 0.371. The molecule has 0 atom stereocenters. The van der Waals surface area contributed by atoms with E-state index in [1.807, 2.05) is 0 Å². The highest BCUT2D eigenvalue weighted by atomic mass is 32.2. The van der Waals surface area contributed by atoms with Crippen LogP contribution in [0.1, 0.15) is 12.8 Å². The van der Waals surface area contributed by atoms with E-state index in [4.69, 9.17) is 14.3 Å². The fourth-order valence-corrected chi connectivity index (χ4v) is 1.81. The first-order valence-corrected chi connectivity index (χ1v) is 6.61. The molecule has 0 unspecified atom stereocenters. The lowest BCUT2D eigenvalue weighted by Gasteiger charge is -2.01. The molecule has 0 fully saturated rings. The van der Waals surface area contributed by atoms with Crippen LogP contribution in [-0.2, 0) is 14.7 Å². The fourth-order valence-electron chi connectivity index (χ4n) is 0.602. The first-order chi connectivity index (χ1) is 5.21. The Morgan fingerprint density at radius 2 is 1.67 bits per heavy atom. The Morgan fingerprint density at radius 1 is 1.17 bits per heavy atom. The second-order valence-electron chi connectivity index (χ2n) is 2.38. The maximum atomic E-state index is 10.2. The maximum Gasteiger partial charge on any atom is 0.325 e. The minimum Gasteiger partial charge on any atom is -0.324 e. The van der Waals surface area contributed by atoms with Crippen molar-refractivity contribution in [2.45, 2.75) is 12.8 Å². The third-order valence-corrected chi connectivity index (χ3v) is 2.81. The van der Waals surface area contributed by atoms with E-state index in [9.17, 15) is 13.0 Å². The van der Waals surface area contributed by atoms with Gasteiger partial charge in [0.1, 0.15) is 0 Å². The smallest absolute Gasteiger partial charge is 0.324 e. The van der Waals surface area contributed by atoms with Crippen LogP contribution >= 0.6 is 7.60 Å². The zero-order valence-electron chi connectivity index (χ0n) is 6.25. The third kappa shape index (κ3) is 10.1. The summed E-state index contributed by atoms with van der Waals surface area (Å²) in [5, 5.41) is 0. The van der Waals surface area contributed by atoms with Crippen molar-refractivity contribution in [3.05, 3.63) is 0 Å². The van der Waals surface area contributed by atoms with Crippen molar-refractivity contribution in [1.29, 1.82) is 0 Å². The van der Waals surface area contributed by atoms with Crippen LogP contribution < -0.4 is 0 Å². The van der Waals surface area contributed by atoms with Crippen LogP contribution in [0.2, 0.25) is 0 Å². The zero-order valence-corrected chi connectivity index (χ0v) is 7.96. The molecule has 6 nitrogen and oxygen atoms in total. The van der Waals surface area contributed by atoms with Gasteiger partial charge < -0.3 is 9.79 Å². The van der Waals surface area contributed by atoms with Gasteiger partial charge in [-0.05, 0) is 12.8 Å². The van der Waals surface area contributed by atoms with Crippen molar-refractivity contribution in [3.63, 3.8) is 0 Å². The van der Waals surface area contributed by atoms with E-state index >= 15 is 0 Å². The molecule has 12 heavy (non-hydrogen) atoms. The van der Waals surface area contributed by atoms with Crippen LogP contribution in [0.15, 0.2) is 0 Å². The molecule has 0 rings (SSSR count). The van der Waals surface area contributed by atoms with Crippen molar-refractivity contribution in [2.24, 2.45) is 0 Å². The van der Waals surface area contributed by atoms with E-state index in [0.717, 1.165) is 0 Å². The van der Waals surface area contributed by atoms with Crippen molar-refractivity contribution < 1.29 is 27.3 Å². The second-order valence-corrected chi connectivity index (χ2v) is 5.73. The molecule has 0 aromatic rings. The van der Waals surface area contributed by atoms with Gasteiger partial charge in [0.15, 0.2) is 0 Å². The van der Waals surface area contributed by atoms with E-state index in [-0.39, 0.29) is 19.0 Å². The monoisotopic (exact) mass is 218 g/mol. The van der Waals surface area contributed by atoms with E-state index in [0.29, 0.717) is 0 Å². The highest BCUT2D eigenvalue weighted by molar-refractivity contribution is 7.85. The number of unbranched alkanes of at least 4 members (excludes halogenated alkanes) is 1. The first-order valence-electron chi connectivity index (χ1n) is 3.20. The molecular formula is C4H11O6PS. The van der Waals surface area contributed by atoms with E-state index in [2.05, 4.69) is 0 Å². The molecule has 0 bridgehead atoms. The fraction of sp³-hybridized carbons (Fsp3) is 1.00. The van der Waals surface area contributed by atoms with Gasteiger partial charge in [-0.15, -0.1) is 0 Å². The molecule has 3 N–H and O–H groups in total. The molecule has 8 heteroatoms. The highest BCUT2D eigenvalue weighted by Gasteiger charge is 2.12. The summed E-state index contributed by atoms with van der Waals surface area (Å²) in [5.41, 5.74) is 0. The van der Waals surface area contributed by atoms with Crippen LogP contribution in [0, 0.1) is 0 Å². The van der Waals surface area contributed by atoms with Gasteiger partial charge in [0.2, 0.25) is 0 Å². The summed E-state index contributed by atoms with van der Waals surface area (Å²) in [6.45, 7) is 0. The average Bonchev–Trinajstić information content (AvgIpc) is 1.76. The number of hydrogen-bond donors (Lipinski definition) is 3. The molecule has 0 aromatic heterocycles. The molecule has 0 aromatic carbocycles. The van der Waals surface area contributed by atoms with Crippen LogP contribution in [0.4, 0.5) is 0 Å². The average molecular weight is 218 g/mol. The Balaban J connectivity index is 3.55. The van der Waals surface area contributed by atoms with Crippen molar-refractivity contribution in [2.75, 3.05) is 11.9 Å². The SMILES string of the molecule is O=P(O)(O)CCCCS(=O)(=O)O. The highest BCUT2D eigenvalue weighted by Crippen LogP contribution is 2.35. The lowest BCUT2D eigenvalue weighted by Crippen LogP contribution is -2.04. The second kappa shape index (κ2) is 4.34. The molecule has 0 amide bonds. The van der Waals surface area contributed by atoms with Gasteiger partial charge >= 0.3 is 7.60 Å².